The van der Waals surface area contributed by atoms with Gasteiger partial charge in [-0.25, -0.2) is 9.59 Å². The minimum Gasteiger partial charge on any atom is -0.478 e. The molecule has 0 amide bonds. The number of H-pyrrole nitrogens is 1. The fourth-order valence-corrected chi connectivity index (χ4v) is 2.06. The number of hydrogen-bond donors (Lipinski definition) is 2. The molecule has 0 atom stereocenters. The summed E-state index contributed by atoms with van der Waals surface area (Å²) in [7, 11) is 0. The normalized spacial score (nSPS) is 10.7. The van der Waals surface area contributed by atoms with Crippen molar-refractivity contribution in [1.82, 2.24) is 9.97 Å². The lowest BCUT2D eigenvalue weighted by molar-refractivity contribution is 0.0690. The quantitative estimate of drug-likeness (QED) is 0.601. The number of aromatic nitrogens is 2. The smallest absolute Gasteiger partial charge is 0.346 e. The van der Waals surface area contributed by atoms with Crippen LogP contribution in [0.4, 0.5) is 0 Å². The molecule has 0 bridgehead atoms. The van der Waals surface area contributed by atoms with E-state index in [4.69, 9.17) is 5.11 Å². The average molecular weight is 228 g/mol. The van der Waals surface area contributed by atoms with Crippen LogP contribution in [0.15, 0.2) is 9.82 Å². The fraction of sp³-hybridized carbons (Fsp3) is 0.444. The number of nitrogens with one attached hydrogen (secondary N) is 1. The number of aromatic amines is 1. The van der Waals surface area contributed by atoms with Gasteiger partial charge in [0.25, 0.3) is 0 Å². The molecule has 1 rings (SSSR count). The minimum atomic E-state index is -1.07. The third-order valence-electron chi connectivity index (χ3n) is 1.65. The molecule has 0 aromatic carbocycles. The van der Waals surface area contributed by atoms with Gasteiger partial charge in [-0.05, 0) is 6.92 Å². The molecule has 0 aliphatic heterocycles. The van der Waals surface area contributed by atoms with E-state index in [9.17, 15) is 9.59 Å². The number of carboxylic acids is 1. The lowest BCUT2D eigenvalue weighted by Gasteiger charge is -2.08. The Kier molecular flexibility index (Phi) is 3.52. The Morgan fingerprint density at radius 2 is 2.13 bits per heavy atom. The Bertz CT molecular complexity index is 439. The average Bonchev–Trinajstić information content (AvgIpc) is 1.99. The molecule has 82 valence electrons. The topological polar surface area (TPSA) is 83.0 Å². The van der Waals surface area contributed by atoms with Gasteiger partial charge in [0.05, 0.1) is 0 Å². The molecule has 2 N–H and O–H groups in total. The number of carboxylic acid groups (broad SMARTS) is 1. The standard InChI is InChI=1S/C9H12N2O3S/c1-4(2)15-7-6(8(12)13)5(3)10-9(14)11-7/h4H,1-3H3,(H,12,13)(H,10,11,14). The zero-order valence-electron chi connectivity index (χ0n) is 8.70. The third kappa shape index (κ3) is 2.82. The summed E-state index contributed by atoms with van der Waals surface area (Å²) in [5, 5.41) is 9.43. The molecule has 0 fully saturated rings. The molecule has 1 aromatic heterocycles. The lowest BCUT2D eigenvalue weighted by atomic mass is 10.2. The van der Waals surface area contributed by atoms with Crippen molar-refractivity contribution in [3.8, 4) is 0 Å². The highest BCUT2D eigenvalue weighted by Gasteiger charge is 2.17. The van der Waals surface area contributed by atoms with Crippen molar-refractivity contribution in [2.75, 3.05) is 0 Å². The maximum atomic E-state index is 11.1. The molecule has 0 unspecified atom stereocenters. The van der Waals surface area contributed by atoms with Gasteiger partial charge in [0.2, 0.25) is 0 Å². The fourth-order valence-electron chi connectivity index (χ4n) is 1.12. The minimum absolute atomic E-state index is 0.0771. The second-order valence-electron chi connectivity index (χ2n) is 3.32. The van der Waals surface area contributed by atoms with Gasteiger partial charge >= 0.3 is 11.7 Å². The Labute approximate surface area is 90.9 Å². The number of aromatic carboxylic acids is 1. The Balaban J connectivity index is 3.33. The molecule has 0 saturated carbocycles. The van der Waals surface area contributed by atoms with E-state index in [1.54, 1.807) is 6.92 Å². The van der Waals surface area contributed by atoms with Gasteiger partial charge in [0.1, 0.15) is 10.6 Å². The summed E-state index contributed by atoms with van der Waals surface area (Å²) < 4.78 is 0. The van der Waals surface area contributed by atoms with Crippen molar-refractivity contribution in [3.63, 3.8) is 0 Å². The third-order valence-corrected chi connectivity index (χ3v) is 2.64. The molecule has 0 spiro atoms. The molecule has 0 saturated heterocycles. The van der Waals surface area contributed by atoms with Crippen LogP contribution in [-0.2, 0) is 0 Å². The molecule has 0 aliphatic carbocycles. The molecular formula is C9H12N2O3S. The largest absolute Gasteiger partial charge is 0.478 e. The molecule has 0 radical (unpaired) electrons. The van der Waals surface area contributed by atoms with Crippen molar-refractivity contribution in [2.45, 2.75) is 31.0 Å². The van der Waals surface area contributed by atoms with Crippen molar-refractivity contribution >= 4 is 17.7 Å². The first-order valence-electron chi connectivity index (χ1n) is 4.42. The van der Waals surface area contributed by atoms with Gasteiger partial charge in [-0.1, -0.05) is 13.8 Å². The van der Waals surface area contributed by atoms with E-state index in [0.29, 0.717) is 5.69 Å². The van der Waals surface area contributed by atoms with Gasteiger partial charge in [0.15, 0.2) is 0 Å². The van der Waals surface area contributed by atoms with E-state index in [1.165, 1.54) is 11.8 Å². The highest BCUT2D eigenvalue weighted by Crippen LogP contribution is 2.24. The number of rotatable bonds is 3. The molecular weight excluding hydrogens is 216 g/mol. The second-order valence-corrected chi connectivity index (χ2v) is 4.88. The van der Waals surface area contributed by atoms with Crippen molar-refractivity contribution in [3.05, 3.63) is 21.7 Å². The summed E-state index contributed by atoms with van der Waals surface area (Å²) in [5.41, 5.74) is -0.0976. The zero-order chi connectivity index (χ0) is 11.6. The van der Waals surface area contributed by atoms with E-state index in [-0.39, 0.29) is 15.8 Å². The van der Waals surface area contributed by atoms with Gasteiger partial charge in [-0.3, -0.25) is 0 Å². The molecule has 1 heterocycles. The van der Waals surface area contributed by atoms with Crippen LogP contribution in [0.1, 0.15) is 29.9 Å². The number of thioether (sulfide) groups is 1. The van der Waals surface area contributed by atoms with E-state index >= 15 is 0 Å². The van der Waals surface area contributed by atoms with Gasteiger partial charge in [-0.2, -0.15) is 4.98 Å². The molecule has 0 aliphatic rings. The first-order valence-corrected chi connectivity index (χ1v) is 5.30. The molecule has 6 heteroatoms. The summed E-state index contributed by atoms with van der Waals surface area (Å²) in [6, 6.07) is 0. The van der Waals surface area contributed by atoms with Gasteiger partial charge in [0, 0.05) is 10.9 Å². The Hall–Kier alpha value is -1.30. The number of hydrogen-bond acceptors (Lipinski definition) is 4. The number of nitrogens with zero attached hydrogens (tertiary/aromatic N) is 1. The number of aryl methyl sites for hydroxylation is 1. The van der Waals surface area contributed by atoms with Crippen LogP contribution in [0.2, 0.25) is 0 Å². The summed E-state index contributed by atoms with van der Waals surface area (Å²) in [5.74, 6) is -1.07. The highest BCUT2D eigenvalue weighted by atomic mass is 32.2. The van der Waals surface area contributed by atoms with Gasteiger partial charge in [-0.15, -0.1) is 11.8 Å². The van der Waals surface area contributed by atoms with Crippen LogP contribution in [0.3, 0.4) is 0 Å². The van der Waals surface area contributed by atoms with Gasteiger partial charge < -0.3 is 10.1 Å². The van der Waals surface area contributed by atoms with Crippen molar-refractivity contribution in [2.24, 2.45) is 0 Å². The predicted octanol–water partition coefficient (Wildman–Crippen LogP) is 1.28. The summed E-state index contributed by atoms with van der Waals surface area (Å²) in [6.07, 6.45) is 0. The zero-order valence-corrected chi connectivity index (χ0v) is 9.51. The van der Waals surface area contributed by atoms with E-state index in [1.807, 2.05) is 13.8 Å². The molecule has 5 nitrogen and oxygen atoms in total. The molecule has 1 aromatic rings. The molecule has 15 heavy (non-hydrogen) atoms. The first kappa shape index (κ1) is 11.8. The maximum Gasteiger partial charge on any atom is 0.346 e. The SMILES string of the molecule is Cc1[nH]c(=O)nc(SC(C)C)c1C(=O)O. The Morgan fingerprint density at radius 3 is 2.60 bits per heavy atom. The lowest BCUT2D eigenvalue weighted by Crippen LogP contribution is -2.18. The van der Waals surface area contributed by atoms with E-state index < -0.39 is 11.7 Å². The van der Waals surface area contributed by atoms with Crippen molar-refractivity contribution < 1.29 is 9.90 Å². The summed E-state index contributed by atoms with van der Waals surface area (Å²) >= 11 is 1.27. The highest BCUT2D eigenvalue weighted by molar-refractivity contribution is 7.99. The summed E-state index contributed by atoms with van der Waals surface area (Å²) in [4.78, 5) is 28.1. The van der Waals surface area contributed by atoms with Crippen LogP contribution in [0, 0.1) is 6.92 Å². The first-order chi connectivity index (χ1) is 6.91. The second kappa shape index (κ2) is 4.48. The van der Waals surface area contributed by atoms with Crippen LogP contribution in [-0.4, -0.2) is 26.3 Å². The number of carbonyl (C=O) groups is 1. The van der Waals surface area contributed by atoms with Crippen molar-refractivity contribution in [1.29, 1.82) is 0 Å². The predicted molar refractivity (Wildman–Crippen MR) is 57.5 cm³/mol. The van der Waals surface area contributed by atoms with E-state index in [0.717, 1.165) is 0 Å². The van der Waals surface area contributed by atoms with Crippen LogP contribution < -0.4 is 5.69 Å². The Morgan fingerprint density at radius 1 is 1.53 bits per heavy atom. The van der Waals surface area contributed by atoms with Crippen LogP contribution >= 0.6 is 11.8 Å². The van der Waals surface area contributed by atoms with Crippen LogP contribution in [0.25, 0.3) is 0 Å². The summed E-state index contributed by atoms with van der Waals surface area (Å²) in [6.45, 7) is 5.37. The maximum absolute atomic E-state index is 11.1. The van der Waals surface area contributed by atoms with Crippen LogP contribution in [0.5, 0.6) is 0 Å². The van der Waals surface area contributed by atoms with E-state index in [2.05, 4.69) is 9.97 Å². The monoisotopic (exact) mass is 228 g/mol.